The van der Waals surface area contributed by atoms with E-state index < -0.39 is 5.97 Å². The molecule has 0 aliphatic rings. The third kappa shape index (κ3) is 3.41. The van der Waals surface area contributed by atoms with Gasteiger partial charge in [0.05, 0.1) is 25.0 Å². The predicted molar refractivity (Wildman–Crippen MR) is 67.5 cm³/mol. The summed E-state index contributed by atoms with van der Waals surface area (Å²) in [6.45, 7) is 0.320. The highest BCUT2D eigenvalue weighted by atomic mass is 16.4. The summed E-state index contributed by atoms with van der Waals surface area (Å²) in [7, 11) is 0. The second-order valence-electron chi connectivity index (χ2n) is 3.99. The van der Waals surface area contributed by atoms with Crippen LogP contribution in [0.4, 0.5) is 0 Å². The van der Waals surface area contributed by atoms with Gasteiger partial charge >= 0.3 is 5.97 Å². The zero-order chi connectivity index (χ0) is 13.7. The SMILES string of the molecule is O=C(O)Cc1ccccc1C(=O)NCc1cnc[nH]1. The monoisotopic (exact) mass is 259 g/mol. The Labute approximate surface area is 109 Å². The molecule has 1 amide bonds. The van der Waals surface area contributed by atoms with Crippen molar-refractivity contribution in [1.29, 1.82) is 0 Å². The summed E-state index contributed by atoms with van der Waals surface area (Å²) in [5, 5.41) is 11.5. The van der Waals surface area contributed by atoms with Crippen LogP contribution in [0.5, 0.6) is 0 Å². The Morgan fingerprint density at radius 3 is 2.79 bits per heavy atom. The van der Waals surface area contributed by atoms with Crippen molar-refractivity contribution in [2.45, 2.75) is 13.0 Å². The number of nitrogens with zero attached hydrogens (tertiary/aromatic N) is 1. The zero-order valence-corrected chi connectivity index (χ0v) is 10.1. The fourth-order valence-corrected chi connectivity index (χ4v) is 1.71. The molecular formula is C13H13N3O3. The maximum Gasteiger partial charge on any atom is 0.307 e. The Morgan fingerprint density at radius 1 is 1.32 bits per heavy atom. The van der Waals surface area contributed by atoms with Crippen LogP contribution in [-0.2, 0) is 17.8 Å². The van der Waals surface area contributed by atoms with Crippen LogP contribution in [0.25, 0.3) is 0 Å². The van der Waals surface area contributed by atoms with E-state index in [4.69, 9.17) is 5.11 Å². The van der Waals surface area contributed by atoms with E-state index in [0.29, 0.717) is 17.7 Å². The first-order valence-electron chi connectivity index (χ1n) is 5.72. The Hall–Kier alpha value is -2.63. The van der Waals surface area contributed by atoms with E-state index in [9.17, 15) is 9.59 Å². The normalized spacial score (nSPS) is 10.1. The van der Waals surface area contributed by atoms with Crippen molar-refractivity contribution >= 4 is 11.9 Å². The standard InChI is InChI=1S/C13H13N3O3/c17-12(18)5-9-3-1-2-4-11(9)13(19)15-7-10-6-14-8-16-10/h1-4,6,8H,5,7H2,(H,14,16)(H,15,19)(H,17,18). The molecule has 3 N–H and O–H groups in total. The Morgan fingerprint density at radius 2 is 2.11 bits per heavy atom. The fraction of sp³-hybridized carbons (Fsp3) is 0.154. The molecule has 0 unspecified atom stereocenters. The van der Waals surface area contributed by atoms with Gasteiger partial charge in [-0.3, -0.25) is 9.59 Å². The van der Waals surface area contributed by atoms with Gasteiger partial charge in [-0.1, -0.05) is 18.2 Å². The summed E-state index contributed by atoms with van der Waals surface area (Å²) < 4.78 is 0. The molecule has 6 heteroatoms. The molecule has 0 spiro atoms. The lowest BCUT2D eigenvalue weighted by Gasteiger charge is -2.08. The molecule has 2 rings (SSSR count). The number of benzene rings is 1. The summed E-state index contributed by atoms with van der Waals surface area (Å²) in [5.41, 5.74) is 1.66. The zero-order valence-electron chi connectivity index (χ0n) is 10.1. The number of aromatic amines is 1. The number of hydrogen-bond acceptors (Lipinski definition) is 3. The molecule has 0 atom stereocenters. The van der Waals surface area contributed by atoms with Crippen LogP contribution in [0.2, 0.25) is 0 Å². The van der Waals surface area contributed by atoms with Gasteiger partial charge in [-0.25, -0.2) is 4.98 Å². The largest absolute Gasteiger partial charge is 0.481 e. The van der Waals surface area contributed by atoms with E-state index in [1.54, 1.807) is 30.5 Å². The maximum absolute atomic E-state index is 12.0. The van der Waals surface area contributed by atoms with Crippen molar-refractivity contribution in [2.75, 3.05) is 0 Å². The lowest BCUT2D eigenvalue weighted by molar-refractivity contribution is -0.136. The molecule has 0 fully saturated rings. The molecular weight excluding hydrogens is 246 g/mol. The van der Waals surface area contributed by atoms with Gasteiger partial charge in [-0.05, 0) is 11.6 Å². The molecule has 0 aliphatic heterocycles. The summed E-state index contributed by atoms with van der Waals surface area (Å²) in [6, 6.07) is 6.67. The Bertz CT molecular complexity index is 579. The van der Waals surface area contributed by atoms with Crippen LogP contribution in [-0.4, -0.2) is 27.0 Å². The quantitative estimate of drug-likeness (QED) is 0.745. The van der Waals surface area contributed by atoms with Crippen molar-refractivity contribution in [3.05, 3.63) is 53.6 Å². The van der Waals surface area contributed by atoms with Crippen molar-refractivity contribution in [1.82, 2.24) is 15.3 Å². The molecule has 19 heavy (non-hydrogen) atoms. The molecule has 1 aromatic heterocycles. The van der Waals surface area contributed by atoms with E-state index in [0.717, 1.165) is 5.69 Å². The maximum atomic E-state index is 12.0. The topological polar surface area (TPSA) is 95.1 Å². The van der Waals surface area contributed by atoms with E-state index in [-0.39, 0.29) is 12.3 Å². The molecule has 0 saturated carbocycles. The minimum absolute atomic E-state index is 0.173. The summed E-state index contributed by atoms with van der Waals surface area (Å²) >= 11 is 0. The summed E-state index contributed by atoms with van der Waals surface area (Å²) in [5.74, 6) is -1.26. The van der Waals surface area contributed by atoms with Crippen LogP contribution in [0.3, 0.4) is 0 Å². The Balaban J connectivity index is 2.08. The lowest BCUT2D eigenvalue weighted by Crippen LogP contribution is -2.24. The number of carboxylic acid groups (broad SMARTS) is 1. The summed E-state index contributed by atoms with van der Waals surface area (Å²) in [6.07, 6.45) is 2.97. The third-order valence-corrected chi connectivity index (χ3v) is 2.60. The number of aromatic nitrogens is 2. The first-order valence-corrected chi connectivity index (χ1v) is 5.72. The van der Waals surface area contributed by atoms with Gasteiger partial charge in [0, 0.05) is 11.8 Å². The number of carbonyl (C=O) groups is 2. The molecule has 0 saturated heterocycles. The number of hydrogen-bond donors (Lipinski definition) is 3. The number of rotatable bonds is 5. The van der Waals surface area contributed by atoms with Gasteiger partial charge in [0.1, 0.15) is 0 Å². The molecule has 98 valence electrons. The molecule has 0 bridgehead atoms. The summed E-state index contributed by atoms with van der Waals surface area (Å²) in [4.78, 5) is 29.5. The van der Waals surface area contributed by atoms with Crippen molar-refractivity contribution < 1.29 is 14.7 Å². The predicted octanol–water partition coefficient (Wildman–Crippen LogP) is 0.967. The number of carboxylic acids is 1. The molecule has 1 heterocycles. The van der Waals surface area contributed by atoms with E-state index in [1.165, 1.54) is 6.33 Å². The third-order valence-electron chi connectivity index (χ3n) is 2.60. The second-order valence-corrected chi connectivity index (χ2v) is 3.99. The van der Waals surface area contributed by atoms with Crippen LogP contribution in [0, 0.1) is 0 Å². The second kappa shape index (κ2) is 5.81. The van der Waals surface area contributed by atoms with Crippen LogP contribution < -0.4 is 5.32 Å². The van der Waals surface area contributed by atoms with Gasteiger partial charge in [0.2, 0.25) is 0 Å². The minimum Gasteiger partial charge on any atom is -0.481 e. The van der Waals surface area contributed by atoms with E-state index >= 15 is 0 Å². The van der Waals surface area contributed by atoms with Crippen molar-refractivity contribution in [3.8, 4) is 0 Å². The lowest BCUT2D eigenvalue weighted by atomic mass is 10.0. The van der Waals surface area contributed by atoms with E-state index in [2.05, 4.69) is 15.3 Å². The van der Waals surface area contributed by atoms with Gasteiger partial charge < -0.3 is 15.4 Å². The number of H-pyrrole nitrogens is 1. The molecule has 2 aromatic rings. The number of aliphatic carboxylic acids is 1. The molecule has 1 aromatic carbocycles. The highest BCUT2D eigenvalue weighted by Crippen LogP contribution is 2.10. The molecule has 6 nitrogen and oxygen atoms in total. The number of imidazole rings is 1. The number of nitrogens with one attached hydrogen (secondary N) is 2. The highest BCUT2D eigenvalue weighted by molar-refractivity contribution is 5.96. The smallest absolute Gasteiger partial charge is 0.307 e. The van der Waals surface area contributed by atoms with Crippen molar-refractivity contribution in [3.63, 3.8) is 0 Å². The molecule has 0 aliphatic carbocycles. The van der Waals surface area contributed by atoms with Gasteiger partial charge in [-0.15, -0.1) is 0 Å². The first-order chi connectivity index (χ1) is 9.16. The highest BCUT2D eigenvalue weighted by Gasteiger charge is 2.12. The molecule has 0 radical (unpaired) electrons. The number of carbonyl (C=O) groups excluding carboxylic acids is 1. The van der Waals surface area contributed by atoms with Crippen LogP contribution >= 0.6 is 0 Å². The van der Waals surface area contributed by atoms with Gasteiger partial charge in [0.25, 0.3) is 5.91 Å². The van der Waals surface area contributed by atoms with Crippen LogP contribution in [0.15, 0.2) is 36.8 Å². The van der Waals surface area contributed by atoms with Gasteiger partial charge in [-0.2, -0.15) is 0 Å². The average molecular weight is 259 g/mol. The number of amides is 1. The van der Waals surface area contributed by atoms with Crippen molar-refractivity contribution in [2.24, 2.45) is 0 Å². The first kappa shape index (κ1) is 12.8. The van der Waals surface area contributed by atoms with Gasteiger partial charge in [0.15, 0.2) is 0 Å². The average Bonchev–Trinajstić information content (AvgIpc) is 2.89. The van der Waals surface area contributed by atoms with E-state index in [1.807, 2.05) is 0 Å². The minimum atomic E-state index is -0.964. The van der Waals surface area contributed by atoms with Crippen LogP contribution in [0.1, 0.15) is 21.6 Å². The fourth-order valence-electron chi connectivity index (χ4n) is 1.71. The Kier molecular flexibility index (Phi) is 3.92.